The van der Waals surface area contributed by atoms with E-state index in [0.29, 0.717) is 6.42 Å². The van der Waals surface area contributed by atoms with Crippen molar-refractivity contribution in [2.75, 3.05) is 0 Å². The van der Waals surface area contributed by atoms with E-state index in [0.717, 1.165) is 21.5 Å². The van der Waals surface area contributed by atoms with E-state index in [-0.39, 0.29) is 0 Å². The van der Waals surface area contributed by atoms with E-state index in [1.165, 1.54) is 0 Å². The number of fused-ring (bicyclic) bond motifs is 1. The van der Waals surface area contributed by atoms with Gasteiger partial charge in [-0.1, -0.05) is 18.2 Å². The number of furan rings is 1. The van der Waals surface area contributed by atoms with E-state index in [2.05, 4.69) is 4.98 Å². The van der Waals surface area contributed by atoms with Gasteiger partial charge in [-0.15, -0.1) is 11.3 Å². The molecule has 0 aliphatic heterocycles. The van der Waals surface area contributed by atoms with Gasteiger partial charge in [-0.3, -0.25) is 0 Å². The van der Waals surface area contributed by atoms with Crippen LogP contribution >= 0.6 is 11.3 Å². The van der Waals surface area contributed by atoms with Crippen molar-refractivity contribution in [2.45, 2.75) is 12.5 Å². The average Bonchev–Trinajstić information content (AvgIpc) is 2.96. The molecule has 0 amide bonds. The fraction of sp³-hybridized carbons (Fsp3) is 0.154. The summed E-state index contributed by atoms with van der Waals surface area (Å²) in [5.74, 6) is 0. The van der Waals surface area contributed by atoms with Gasteiger partial charge in [0, 0.05) is 28.9 Å². The second-order valence-corrected chi connectivity index (χ2v) is 4.81. The Morgan fingerprint density at radius 3 is 3.06 bits per heavy atom. The van der Waals surface area contributed by atoms with Crippen molar-refractivity contribution in [1.29, 1.82) is 0 Å². The van der Waals surface area contributed by atoms with Crippen LogP contribution in [0.25, 0.3) is 11.0 Å². The third-order valence-corrected chi connectivity index (χ3v) is 3.52. The van der Waals surface area contributed by atoms with Crippen molar-refractivity contribution in [3.63, 3.8) is 0 Å². The van der Waals surface area contributed by atoms with E-state index in [1.54, 1.807) is 23.8 Å². The predicted octanol–water partition coefficient (Wildman–Crippen LogP) is 3.17. The van der Waals surface area contributed by atoms with Gasteiger partial charge >= 0.3 is 0 Å². The first-order valence-electron chi connectivity index (χ1n) is 5.37. The number of nitrogens with zero attached hydrogens (tertiary/aromatic N) is 1. The summed E-state index contributed by atoms with van der Waals surface area (Å²) in [6.45, 7) is 0. The minimum Gasteiger partial charge on any atom is -0.464 e. The lowest BCUT2D eigenvalue weighted by atomic mass is 10.1. The number of hydrogen-bond acceptors (Lipinski definition) is 4. The lowest BCUT2D eigenvalue weighted by Crippen LogP contribution is -2.00. The smallest absolute Gasteiger partial charge is 0.134 e. The molecule has 3 rings (SSSR count). The number of aromatic nitrogens is 1. The molecule has 0 saturated heterocycles. The molecule has 1 unspecified atom stereocenters. The molecular formula is C13H11NO2S. The summed E-state index contributed by atoms with van der Waals surface area (Å²) in [6.07, 6.45) is 3.34. The van der Waals surface area contributed by atoms with Gasteiger partial charge in [0.2, 0.25) is 0 Å². The van der Waals surface area contributed by atoms with Crippen molar-refractivity contribution in [3.05, 3.63) is 52.7 Å². The highest BCUT2D eigenvalue weighted by molar-refractivity contribution is 7.09. The summed E-state index contributed by atoms with van der Waals surface area (Å²) in [5, 5.41) is 14.0. The zero-order valence-corrected chi connectivity index (χ0v) is 9.85. The molecular weight excluding hydrogens is 234 g/mol. The number of para-hydroxylation sites is 1. The van der Waals surface area contributed by atoms with Crippen molar-refractivity contribution < 1.29 is 9.52 Å². The number of thiazole rings is 1. The van der Waals surface area contributed by atoms with Gasteiger partial charge in [0.15, 0.2) is 0 Å². The van der Waals surface area contributed by atoms with Crippen LogP contribution in [0.5, 0.6) is 0 Å². The van der Waals surface area contributed by atoms with Gasteiger partial charge in [-0.05, 0) is 6.07 Å². The first-order chi connectivity index (χ1) is 8.34. The number of aliphatic hydroxyl groups excluding tert-OH is 1. The number of rotatable bonds is 3. The van der Waals surface area contributed by atoms with E-state index in [1.807, 2.05) is 29.6 Å². The van der Waals surface area contributed by atoms with Crippen LogP contribution in [-0.4, -0.2) is 10.1 Å². The maximum atomic E-state index is 10.2. The van der Waals surface area contributed by atoms with Crippen molar-refractivity contribution in [2.24, 2.45) is 0 Å². The Hall–Kier alpha value is -1.65. The number of hydrogen-bond donors (Lipinski definition) is 1. The molecule has 0 aliphatic rings. The van der Waals surface area contributed by atoms with Crippen LogP contribution in [0.4, 0.5) is 0 Å². The van der Waals surface area contributed by atoms with Gasteiger partial charge in [0.25, 0.3) is 0 Å². The second-order valence-electron chi connectivity index (χ2n) is 3.83. The first kappa shape index (κ1) is 10.5. The SMILES string of the molecule is OC(Cc1nccs1)c1coc2ccccc12. The molecule has 1 N–H and O–H groups in total. The molecule has 0 spiro atoms. The monoisotopic (exact) mass is 245 g/mol. The highest BCUT2D eigenvalue weighted by Crippen LogP contribution is 2.28. The van der Waals surface area contributed by atoms with Crippen LogP contribution < -0.4 is 0 Å². The maximum absolute atomic E-state index is 10.2. The molecule has 2 aromatic heterocycles. The van der Waals surface area contributed by atoms with Crippen molar-refractivity contribution >= 4 is 22.3 Å². The van der Waals surface area contributed by atoms with Gasteiger partial charge in [-0.2, -0.15) is 0 Å². The minimum atomic E-state index is -0.565. The molecule has 86 valence electrons. The fourth-order valence-corrected chi connectivity index (χ4v) is 2.54. The number of aliphatic hydroxyl groups is 1. The summed E-state index contributed by atoms with van der Waals surface area (Å²) in [7, 11) is 0. The molecule has 0 aliphatic carbocycles. The van der Waals surface area contributed by atoms with Crippen LogP contribution in [0, 0.1) is 0 Å². The molecule has 0 bridgehead atoms. The summed E-state index contributed by atoms with van der Waals surface area (Å²) >= 11 is 1.55. The van der Waals surface area contributed by atoms with E-state index < -0.39 is 6.10 Å². The lowest BCUT2D eigenvalue weighted by Gasteiger charge is -2.06. The molecule has 4 heteroatoms. The predicted molar refractivity (Wildman–Crippen MR) is 67.0 cm³/mol. The van der Waals surface area contributed by atoms with Crippen molar-refractivity contribution in [3.8, 4) is 0 Å². The Labute approximate surface area is 102 Å². The quantitative estimate of drug-likeness (QED) is 0.771. The number of benzene rings is 1. The minimum absolute atomic E-state index is 0.529. The van der Waals surface area contributed by atoms with Crippen LogP contribution in [0.1, 0.15) is 16.7 Å². The van der Waals surface area contributed by atoms with Crippen LogP contribution in [0.3, 0.4) is 0 Å². The Morgan fingerprint density at radius 2 is 2.24 bits per heavy atom. The standard InChI is InChI=1S/C13H11NO2S/c15-11(7-13-14-5-6-17-13)10-8-16-12-4-2-1-3-9(10)12/h1-6,8,11,15H,7H2. The van der Waals surface area contributed by atoms with Gasteiger partial charge < -0.3 is 9.52 Å². The van der Waals surface area contributed by atoms with E-state index in [4.69, 9.17) is 4.42 Å². The van der Waals surface area contributed by atoms with Gasteiger partial charge in [-0.25, -0.2) is 4.98 Å². The summed E-state index contributed by atoms with van der Waals surface area (Å²) in [4.78, 5) is 4.17. The van der Waals surface area contributed by atoms with Crippen LogP contribution in [0.2, 0.25) is 0 Å². The maximum Gasteiger partial charge on any atom is 0.134 e. The van der Waals surface area contributed by atoms with Crippen LogP contribution in [0.15, 0.2) is 46.5 Å². The molecule has 3 nitrogen and oxygen atoms in total. The fourth-order valence-electron chi connectivity index (χ4n) is 1.89. The third-order valence-electron chi connectivity index (χ3n) is 2.72. The normalized spacial score (nSPS) is 13.0. The summed E-state index contributed by atoms with van der Waals surface area (Å²) in [5.41, 5.74) is 1.64. The Kier molecular flexibility index (Phi) is 2.66. The zero-order valence-electron chi connectivity index (χ0n) is 9.04. The molecule has 17 heavy (non-hydrogen) atoms. The molecule has 0 saturated carbocycles. The average molecular weight is 245 g/mol. The van der Waals surface area contributed by atoms with E-state index in [9.17, 15) is 5.11 Å². The second kappa shape index (κ2) is 4.31. The van der Waals surface area contributed by atoms with Gasteiger partial charge in [0.05, 0.1) is 17.4 Å². The Bertz CT molecular complexity index is 615. The summed E-state index contributed by atoms with van der Waals surface area (Å²) in [6, 6.07) is 7.72. The molecule has 1 aromatic carbocycles. The molecule has 2 heterocycles. The third kappa shape index (κ3) is 1.97. The molecule has 3 aromatic rings. The Balaban J connectivity index is 1.93. The molecule has 0 fully saturated rings. The topological polar surface area (TPSA) is 46.3 Å². The van der Waals surface area contributed by atoms with E-state index >= 15 is 0 Å². The largest absolute Gasteiger partial charge is 0.464 e. The summed E-state index contributed by atoms with van der Waals surface area (Å²) < 4.78 is 5.41. The lowest BCUT2D eigenvalue weighted by molar-refractivity contribution is 0.178. The molecule has 0 radical (unpaired) electrons. The van der Waals surface area contributed by atoms with Crippen molar-refractivity contribution in [1.82, 2.24) is 4.98 Å². The van der Waals surface area contributed by atoms with Gasteiger partial charge in [0.1, 0.15) is 5.58 Å². The highest BCUT2D eigenvalue weighted by Gasteiger charge is 2.15. The highest BCUT2D eigenvalue weighted by atomic mass is 32.1. The van der Waals surface area contributed by atoms with Crippen LogP contribution in [-0.2, 0) is 6.42 Å². The first-order valence-corrected chi connectivity index (χ1v) is 6.25. The molecule has 1 atom stereocenters. The zero-order chi connectivity index (χ0) is 11.7. The Morgan fingerprint density at radius 1 is 1.35 bits per heavy atom.